The van der Waals surface area contributed by atoms with Gasteiger partial charge in [-0.25, -0.2) is 13.1 Å². The Kier molecular flexibility index (Phi) is 4.83. The molecule has 0 bridgehead atoms. The molecule has 112 valence electrons. The van der Waals surface area contributed by atoms with E-state index in [0.717, 1.165) is 31.2 Å². The predicted molar refractivity (Wildman–Crippen MR) is 79.0 cm³/mol. The van der Waals surface area contributed by atoms with Crippen molar-refractivity contribution in [3.63, 3.8) is 0 Å². The zero-order valence-corrected chi connectivity index (χ0v) is 12.7. The average molecular weight is 297 g/mol. The maximum Gasteiger partial charge on any atom is 0.240 e. The molecule has 2 N–H and O–H groups in total. The van der Waals surface area contributed by atoms with Crippen molar-refractivity contribution in [3.05, 3.63) is 29.8 Å². The van der Waals surface area contributed by atoms with Gasteiger partial charge in [0.2, 0.25) is 10.0 Å². The number of nitrogens with one attached hydrogen (secondary N) is 1. The quantitative estimate of drug-likeness (QED) is 0.772. The van der Waals surface area contributed by atoms with Crippen LogP contribution in [0, 0.1) is 5.41 Å². The van der Waals surface area contributed by atoms with E-state index in [1.165, 1.54) is 0 Å². The normalized spacial score (nSPS) is 17.1. The van der Waals surface area contributed by atoms with Gasteiger partial charge in [-0.3, -0.25) is 0 Å². The standard InChI is InChI=1S/C15H23NO3S/c1-2-8-15(9-10-15)12-16-20(18,19)14-5-3-13(4-6-14)7-11-17/h3-6,16-17H,2,7-12H2,1H3. The highest BCUT2D eigenvalue weighted by Gasteiger charge is 2.42. The summed E-state index contributed by atoms with van der Waals surface area (Å²) in [5, 5.41) is 8.85. The monoisotopic (exact) mass is 297 g/mol. The molecule has 1 aliphatic carbocycles. The van der Waals surface area contributed by atoms with Gasteiger partial charge in [-0.2, -0.15) is 0 Å². The number of aliphatic hydroxyl groups excluding tert-OH is 1. The fourth-order valence-electron chi connectivity index (χ4n) is 2.52. The molecule has 0 unspecified atom stereocenters. The van der Waals surface area contributed by atoms with Gasteiger partial charge >= 0.3 is 0 Å². The Morgan fingerprint density at radius 1 is 1.25 bits per heavy atom. The van der Waals surface area contributed by atoms with Crippen molar-refractivity contribution in [2.75, 3.05) is 13.2 Å². The van der Waals surface area contributed by atoms with Crippen LogP contribution in [-0.4, -0.2) is 26.7 Å². The van der Waals surface area contributed by atoms with E-state index >= 15 is 0 Å². The number of sulfonamides is 1. The Morgan fingerprint density at radius 2 is 1.90 bits per heavy atom. The third-order valence-electron chi connectivity index (χ3n) is 4.01. The second-order valence-electron chi connectivity index (χ2n) is 5.69. The minimum absolute atomic E-state index is 0.0733. The molecule has 4 nitrogen and oxygen atoms in total. The molecule has 1 aliphatic rings. The van der Waals surface area contributed by atoms with Crippen LogP contribution in [0.5, 0.6) is 0 Å². The van der Waals surface area contributed by atoms with E-state index in [2.05, 4.69) is 11.6 Å². The van der Waals surface area contributed by atoms with Gasteiger partial charge in [0, 0.05) is 13.2 Å². The van der Waals surface area contributed by atoms with Crippen LogP contribution in [0.1, 0.15) is 38.2 Å². The second-order valence-corrected chi connectivity index (χ2v) is 7.46. The maximum absolute atomic E-state index is 12.2. The topological polar surface area (TPSA) is 66.4 Å². The third-order valence-corrected chi connectivity index (χ3v) is 5.43. The first kappa shape index (κ1) is 15.5. The lowest BCUT2D eigenvalue weighted by molar-refractivity contribution is 0.299. The molecule has 20 heavy (non-hydrogen) atoms. The first-order valence-corrected chi connectivity index (χ1v) is 8.69. The number of aliphatic hydroxyl groups is 1. The summed E-state index contributed by atoms with van der Waals surface area (Å²) in [4.78, 5) is 0.298. The highest BCUT2D eigenvalue weighted by molar-refractivity contribution is 7.89. The average Bonchev–Trinajstić information content (AvgIpc) is 3.19. The summed E-state index contributed by atoms with van der Waals surface area (Å²) in [7, 11) is -3.42. The van der Waals surface area contributed by atoms with E-state index in [1.807, 2.05) is 0 Å². The summed E-state index contributed by atoms with van der Waals surface area (Å²) >= 11 is 0. The largest absolute Gasteiger partial charge is 0.396 e. The van der Waals surface area contributed by atoms with Crippen LogP contribution in [0.4, 0.5) is 0 Å². The first-order valence-electron chi connectivity index (χ1n) is 7.21. The molecule has 0 amide bonds. The van der Waals surface area contributed by atoms with E-state index in [-0.39, 0.29) is 12.0 Å². The number of benzene rings is 1. The summed E-state index contributed by atoms with van der Waals surface area (Å²) in [5.74, 6) is 0. The summed E-state index contributed by atoms with van der Waals surface area (Å²) in [6, 6.07) is 6.72. The van der Waals surface area contributed by atoms with Gasteiger partial charge in [0.15, 0.2) is 0 Å². The molecule has 1 fully saturated rings. The molecular formula is C15H23NO3S. The zero-order valence-electron chi connectivity index (χ0n) is 11.9. The van der Waals surface area contributed by atoms with E-state index in [0.29, 0.717) is 17.9 Å². The lowest BCUT2D eigenvalue weighted by atomic mass is 10.0. The molecule has 1 saturated carbocycles. The highest BCUT2D eigenvalue weighted by Crippen LogP contribution is 2.49. The Morgan fingerprint density at radius 3 is 2.40 bits per heavy atom. The van der Waals surface area contributed by atoms with Crippen LogP contribution in [0.25, 0.3) is 0 Å². The van der Waals surface area contributed by atoms with Crippen molar-refractivity contribution in [2.24, 2.45) is 5.41 Å². The van der Waals surface area contributed by atoms with Crippen LogP contribution in [-0.2, 0) is 16.4 Å². The fourth-order valence-corrected chi connectivity index (χ4v) is 3.68. The predicted octanol–water partition coefficient (Wildman–Crippen LogP) is 2.08. The highest BCUT2D eigenvalue weighted by atomic mass is 32.2. The molecular weight excluding hydrogens is 274 g/mol. The van der Waals surface area contributed by atoms with Crippen LogP contribution in [0.15, 0.2) is 29.2 Å². The molecule has 0 atom stereocenters. The Balaban J connectivity index is 1.99. The molecule has 0 spiro atoms. The van der Waals surface area contributed by atoms with E-state index in [9.17, 15) is 8.42 Å². The molecule has 1 aromatic rings. The maximum atomic E-state index is 12.2. The van der Waals surface area contributed by atoms with E-state index in [4.69, 9.17) is 5.11 Å². The SMILES string of the molecule is CCCC1(CNS(=O)(=O)c2ccc(CCO)cc2)CC1. The molecule has 0 saturated heterocycles. The van der Waals surface area contributed by atoms with Crippen molar-refractivity contribution in [2.45, 2.75) is 43.9 Å². The molecule has 1 aromatic carbocycles. The van der Waals surface area contributed by atoms with Gasteiger partial charge in [0.05, 0.1) is 4.90 Å². The summed E-state index contributed by atoms with van der Waals surface area (Å²) < 4.78 is 27.2. The minimum Gasteiger partial charge on any atom is -0.396 e. The number of hydrogen-bond donors (Lipinski definition) is 2. The molecule has 0 heterocycles. The fraction of sp³-hybridized carbons (Fsp3) is 0.600. The summed E-state index contributed by atoms with van der Waals surface area (Å²) in [5.41, 5.74) is 1.15. The second kappa shape index (κ2) is 6.24. The molecule has 0 radical (unpaired) electrons. The van der Waals surface area contributed by atoms with Crippen LogP contribution in [0.2, 0.25) is 0 Å². The number of rotatable bonds is 8. The Bertz CT molecular complexity index is 533. The van der Waals surface area contributed by atoms with Gasteiger partial charge in [0.1, 0.15) is 0 Å². The van der Waals surface area contributed by atoms with Crippen molar-refractivity contribution in [1.82, 2.24) is 4.72 Å². The van der Waals surface area contributed by atoms with Crippen LogP contribution < -0.4 is 4.72 Å². The smallest absolute Gasteiger partial charge is 0.240 e. The van der Waals surface area contributed by atoms with Crippen molar-refractivity contribution < 1.29 is 13.5 Å². The molecule has 2 rings (SSSR count). The summed E-state index contributed by atoms with van der Waals surface area (Å²) in [6.45, 7) is 2.75. The molecule has 5 heteroatoms. The van der Waals surface area contributed by atoms with E-state index < -0.39 is 10.0 Å². The van der Waals surface area contributed by atoms with Crippen molar-refractivity contribution >= 4 is 10.0 Å². The van der Waals surface area contributed by atoms with Gasteiger partial charge in [0.25, 0.3) is 0 Å². The molecule has 0 aliphatic heterocycles. The van der Waals surface area contributed by atoms with Gasteiger partial charge in [-0.15, -0.1) is 0 Å². The van der Waals surface area contributed by atoms with Gasteiger partial charge in [-0.1, -0.05) is 25.5 Å². The first-order chi connectivity index (χ1) is 9.51. The Hall–Kier alpha value is -0.910. The van der Waals surface area contributed by atoms with Crippen LogP contribution >= 0.6 is 0 Å². The lowest BCUT2D eigenvalue weighted by Crippen LogP contribution is -2.30. The minimum atomic E-state index is -3.42. The third kappa shape index (κ3) is 3.81. The van der Waals surface area contributed by atoms with E-state index in [1.54, 1.807) is 24.3 Å². The van der Waals surface area contributed by atoms with Crippen molar-refractivity contribution in [1.29, 1.82) is 0 Å². The lowest BCUT2D eigenvalue weighted by Gasteiger charge is -2.15. The number of hydrogen-bond acceptors (Lipinski definition) is 3. The Labute approximate surface area is 121 Å². The van der Waals surface area contributed by atoms with Gasteiger partial charge < -0.3 is 5.11 Å². The zero-order chi connectivity index (χ0) is 14.6. The van der Waals surface area contributed by atoms with Crippen LogP contribution in [0.3, 0.4) is 0 Å². The summed E-state index contributed by atoms with van der Waals surface area (Å²) in [6.07, 6.45) is 4.98. The van der Waals surface area contributed by atoms with Gasteiger partial charge in [-0.05, 0) is 48.8 Å². The van der Waals surface area contributed by atoms with Crippen molar-refractivity contribution in [3.8, 4) is 0 Å². The molecule has 0 aromatic heterocycles.